The molecule has 0 atom stereocenters. The van der Waals surface area contributed by atoms with E-state index in [2.05, 4.69) is 20.9 Å². The maximum absolute atomic E-state index is 12.1. The van der Waals surface area contributed by atoms with E-state index in [9.17, 15) is 13.2 Å². The Morgan fingerprint density at radius 2 is 2.07 bits per heavy atom. The molecule has 0 aliphatic carbocycles. The van der Waals surface area contributed by atoms with Crippen LogP contribution in [0, 0.1) is 0 Å². The molecule has 0 spiro atoms. The molecule has 0 unspecified atom stereocenters. The number of halogens is 4. The molecule has 0 N–H and O–H groups in total. The molecule has 14 heavy (non-hydrogen) atoms. The summed E-state index contributed by atoms with van der Waals surface area (Å²) in [5.41, 5.74) is 0.0226. The third-order valence-electron chi connectivity index (χ3n) is 1.52. The van der Waals surface area contributed by atoms with Gasteiger partial charge in [-0.15, -0.1) is 0 Å². The quantitative estimate of drug-likeness (QED) is 0.824. The second-order valence-corrected chi connectivity index (χ2v) is 3.46. The predicted octanol–water partition coefficient (Wildman–Crippen LogP) is 2.96. The zero-order chi connectivity index (χ0) is 10.8. The molecular formula is C8H7BrF3NO. The predicted molar refractivity (Wildman–Crippen MR) is 48.2 cm³/mol. The zero-order valence-electron chi connectivity index (χ0n) is 7.23. The van der Waals surface area contributed by atoms with Crippen LogP contribution in [0.3, 0.4) is 0 Å². The van der Waals surface area contributed by atoms with E-state index < -0.39 is 12.6 Å². The van der Waals surface area contributed by atoms with Crippen molar-refractivity contribution in [2.45, 2.75) is 12.6 Å². The largest absolute Gasteiger partial charge is 0.495 e. The van der Waals surface area contributed by atoms with Gasteiger partial charge in [0.15, 0.2) is 0 Å². The summed E-state index contributed by atoms with van der Waals surface area (Å²) in [6.07, 6.45) is -2.76. The summed E-state index contributed by atoms with van der Waals surface area (Å²) >= 11 is 3.06. The van der Waals surface area contributed by atoms with Crippen LogP contribution < -0.4 is 4.74 Å². The van der Waals surface area contributed by atoms with Crippen molar-refractivity contribution in [3.63, 3.8) is 0 Å². The van der Waals surface area contributed by atoms with E-state index in [0.717, 1.165) is 6.20 Å². The van der Waals surface area contributed by atoms with E-state index in [0.29, 0.717) is 4.47 Å². The van der Waals surface area contributed by atoms with Crippen molar-refractivity contribution < 1.29 is 17.9 Å². The molecule has 1 aromatic heterocycles. The Morgan fingerprint density at radius 1 is 1.43 bits per heavy atom. The van der Waals surface area contributed by atoms with Crippen molar-refractivity contribution in [1.29, 1.82) is 0 Å². The SMILES string of the molecule is COc1c(Br)cncc1CC(F)(F)F. The molecule has 0 fully saturated rings. The van der Waals surface area contributed by atoms with Gasteiger partial charge in [0.25, 0.3) is 0 Å². The fourth-order valence-corrected chi connectivity index (χ4v) is 1.57. The molecule has 0 bridgehead atoms. The van der Waals surface area contributed by atoms with Gasteiger partial charge in [-0.1, -0.05) is 0 Å². The Kier molecular flexibility index (Phi) is 3.36. The molecule has 0 aromatic carbocycles. The monoisotopic (exact) mass is 269 g/mol. The smallest absolute Gasteiger partial charge is 0.393 e. The lowest BCUT2D eigenvalue weighted by Gasteiger charge is -2.11. The van der Waals surface area contributed by atoms with E-state index in [-0.39, 0.29) is 11.3 Å². The summed E-state index contributed by atoms with van der Waals surface area (Å²) in [6.45, 7) is 0. The van der Waals surface area contributed by atoms with Crippen LogP contribution in [0.4, 0.5) is 13.2 Å². The molecule has 1 aromatic rings. The van der Waals surface area contributed by atoms with Crippen molar-refractivity contribution in [3.8, 4) is 5.75 Å². The number of methoxy groups -OCH3 is 1. The maximum Gasteiger partial charge on any atom is 0.393 e. The summed E-state index contributed by atoms with van der Waals surface area (Å²) in [7, 11) is 1.32. The topological polar surface area (TPSA) is 22.1 Å². The minimum absolute atomic E-state index is 0.0226. The first-order chi connectivity index (χ1) is 6.44. The second-order valence-electron chi connectivity index (χ2n) is 2.61. The van der Waals surface area contributed by atoms with Crippen LogP contribution in [0.25, 0.3) is 0 Å². The lowest BCUT2D eigenvalue weighted by atomic mass is 10.2. The summed E-state index contributed by atoms with van der Waals surface area (Å²) in [6, 6.07) is 0. The van der Waals surface area contributed by atoms with Crippen molar-refractivity contribution in [2.24, 2.45) is 0 Å². The number of alkyl halides is 3. The molecule has 78 valence electrons. The molecule has 0 aliphatic rings. The fraction of sp³-hybridized carbons (Fsp3) is 0.375. The summed E-state index contributed by atoms with van der Waals surface area (Å²) in [5, 5.41) is 0. The van der Waals surface area contributed by atoms with Gasteiger partial charge in [0.05, 0.1) is 18.0 Å². The van der Waals surface area contributed by atoms with Gasteiger partial charge in [0.2, 0.25) is 0 Å². The minimum Gasteiger partial charge on any atom is -0.495 e. The molecule has 1 heterocycles. The van der Waals surface area contributed by atoms with Crippen LogP contribution in [0.1, 0.15) is 5.56 Å². The average molecular weight is 270 g/mol. The third-order valence-corrected chi connectivity index (χ3v) is 2.09. The molecule has 0 saturated carbocycles. The van der Waals surface area contributed by atoms with Gasteiger partial charge in [-0.05, 0) is 15.9 Å². The van der Waals surface area contributed by atoms with Gasteiger partial charge in [-0.25, -0.2) is 0 Å². The molecule has 1 rings (SSSR count). The first-order valence-corrected chi connectivity index (χ1v) is 4.46. The highest BCUT2D eigenvalue weighted by atomic mass is 79.9. The van der Waals surface area contributed by atoms with Crippen LogP contribution in [0.2, 0.25) is 0 Å². The lowest BCUT2D eigenvalue weighted by molar-refractivity contribution is -0.127. The number of nitrogens with zero attached hydrogens (tertiary/aromatic N) is 1. The molecule has 0 radical (unpaired) electrons. The highest BCUT2D eigenvalue weighted by molar-refractivity contribution is 9.10. The van der Waals surface area contributed by atoms with E-state index in [1.165, 1.54) is 13.3 Å². The summed E-state index contributed by atoms with van der Waals surface area (Å²) < 4.78 is 41.5. The lowest BCUT2D eigenvalue weighted by Crippen LogP contribution is -2.12. The van der Waals surface area contributed by atoms with Gasteiger partial charge in [0.1, 0.15) is 5.75 Å². The highest BCUT2D eigenvalue weighted by Gasteiger charge is 2.29. The third kappa shape index (κ3) is 2.87. The Balaban J connectivity index is 3.02. The van der Waals surface area contributed by atoms with Crippen LogP contribution in [-0.2, 0) is 6.42 Å². The molecule has 0 aliphatic heterocycles. The van der Waals surface area contributed by atoms with E-state index in [4.69, 9.17) is 4.74 Å². The number of aromatic nitrogens is 1. The number of rotatable bonds is 2. The van der Waals surface area contributed by atoms with E-state index in [1.807, 2.05) is 0 Å². The van der Waals surface area contributed by atoms with Crippen LogP contribution in [0.15, 0.2) is 16.9 Å². The number of ether oxygens (including phenoxy) is 1. The van der Waals surface area contributed by atoms with Gasteiger partial charge >= 0.3 is 6.18 Å². The van der Waals surface area contributed by atoms with Gasteiger partial charge in [0, 0.05) is 18.0 Å². The first kappa shape index (κ1) is 11.3. The summed E-state index contributed by atoms with van der Waals surface area (Å²) in [5.74, 6) is 0.178. The fourth-order valence-electron chi connectivity index (χ4n) is 1.03. The average Bonchev–Trinajstić information content (AvgIpc) is 2.01. The van der Waals surface area contributed by atoms with Crippen LogP contribution >= 0.6 is 15.9 Å². The molecule has 6 heteroatoms. The maximum atomic E-state index is 12.1. The number of hydrogen-bond acceptors (Lipinski definition) is 2. The van der Waals surface area contributed by atoms with Crippen molar-refractivity contribution in [2.75, 3.05) is 7.11 Å². The standard InChI is InChI=1S/C8H7BrF3NO/c1-14-7-5(2-8(10,11)12)3-13-4-6(7)9/h3-4H,2H2,1H3. The first-order valence-electron chi connectivity index (χ1n) is 3.67. The van der Waals surface area contributed by atoms with Crippen molar-refractivity contribution in [3.05, 3.63) is 22.4 Å². The number of hydrogen-bond donors (Lipinski definition) is 0. The van der Waals surface area contributed by atoms with Crippen molar-refractivity contribution in [1.82, 2.24) is 4.98 Å². The zero-order valence-corrected chi connectivity index (χ0v) is 8.82. The van der Waals surface area contributed by atoms with Gasteiger partial charge < -0.3 is 4.74 Å². The minimum atomic E-state index is -4.25. The number of pyridine rings is 1. The van der Waals surface area contributed by atoms with E-state index >= 15 is 0 Å². The molecule has 0 saturated heterocycles. The normalized spacial score (nSPS) is 11.5. The molecule has 0 amide bonds. The summed E-state index contributed by atoms with van der Waals surface area (Å²) in [4.78, 5) is 3.65. The Morgan fingerprint density at radius 3 is 2.57 bits per heavy atom. The highest BCUT2D eigenvalue weighted by Crippen LogP contribution is 2.32. The molecular weight excluding hydrogens is 263 g/mol. The van der Waals surface area contributed by atoms with E-state index in [1.54, 1.807) is 0 Å². The molecule has 2 nitrogen and oxygen atoms in total. The Labute approximate surface area is 87.2 Å². The van der Waals surface area contributed by atoms with Crippen molar-refractivity contribution >= 4 is 15.9 Å². The van der Waals surface area contributed by atoms with Gasteiger partial charge in [-0.2, -0.15) is 13.2 Å². The van der Waals surface area contributed by atoms with Gasteiger partial charge in [-0.3, -0.25) is 4.98 Å². The Bertz CT molecular complexity index is 327. The van der Waals surface area contributed by atoms with Crippen LogP contribution in [-0.4, -0.2) is 18.3 Å². The Hall–Kier alpha value is -0.780. The van der Waals surface area contributed by atoms with Crippen LogP contribution in [0.5, 0.6) is 5.75 Å². The second kappa shape index (κ2) is 4.16.